The molecule has 7 heteroatoms. The van der Waals surface area contributed by atoms with E-state index in [0.717, 1.165) is 0 Å². The van der Waals surface area contributed by atoms with Gasteiger partial charge in [-0.1, -0.05) is 52.3 Å². The van der Waals surface area contributed by atoms with Crippen LogP contribution in [0.1, 0.15) is 20.7 Å². The van der Waals surface area contributed by atoms with Gasteiger partial charge in [0.15, 0.2) is 12.3 Å². The molecule has 0 aromatic heterocycles. The van der Waals surface area contributed by atoms with E-state index in [9.17, 15) is 14.0 Å². The first-order valence-corrected chi connectivity index (χ1v) is 8.89. The van der Waals surface area contributed by atoms with Crippen LogP contribution in [0.2, 0.25) is 0 Å². The monoisotopic (exact) mass is 422 g/mol. The van der Waals surface area contributed by atoms with E-state index in [1.807, 2.05) is 0 Å². The smallest absolute Gasteiger partial charge is 0.338 e. The summed E-state index contributed by atoms with van der Waals surface area (Å²) < 4.78 is 30.2. The Morgan fingerprint density at radius 3 is 2.08 bits per heavy atom. The number of carbonyl (C=O) groups excluding carboxylic acids is 2. The third-order valence-corrected chi connectivity index (χ3v) is 4.60. The van der Waals surface area contributed by atoms with Crippen molar-refractivity contribution in [2.45, 2.75) is 23.4 Å². The SMILES string of the molecule is O=C(OC[C@H]1O[C@H](Br)[C@H](F)C1OC(=O)c1ccccc1)c1ccccc1. The minimum atomic E-state index is -1.58. The molecule has 1 aliphatic rings. The lowest BCUT2D eigenvalue weighted by Gasteiger charge is -2.19. The summed E-state index contributed by atoms with van der Waals surface area (Å²) in [7, 11) is 0. The first-order chi connectivity index (χ1) is 12.6. The van der Waals surface area contributed by atoms with Gasteiger partial charge in [-0.3, -0.25) is 0 Å². The molecular formula is C19H16BrFO5. The molecule has 5 nitrogen and oxygen atoms in total. The number of hydrogen-bond acceptors (Lipinski definition) is 5. The maximum atomic E-state index is 14.4. The number of rotatable bonds is 5. The average molecular weight is 423 g/mol. The molecule has 0 spiro atoms. The Morgan fingerprint density at radius 2 is 1.50 bits per heavy atom. The Bertz CT molecular complexity index is 755. The average Bonchev–Trinajstić information content (AvgIpc) is 2.95. The molecule has 0 amide bonds. The fraction of sp³-hybridized carbons (Fsp3) is 0.263. The van der Waals surface area contributed by atoms with E-state index in [1.54, 1.807) is 60.7 Å². The van der Waals surface area contributed by atoms with Crippen molar-refractivity contribution in [2.24, 2.45) is 0 Å². The molecule has 4 atom stereocenters. The molecule has 2 aromatic carbocycles. The van der Waals surface area contributed by atoms with Gasteiger partial charge >= 0.3 is 11.9 Å². The summed E-state index contributed by atoms with van der Waals surface area (Å²) in [4.78, 5) is 24.2. The molecular weight excluding hydrogens is 407 g/mol. The van der Waals surface area contributed by atoms with E-state index in [4.69, 9.17) is 14.2 Å². The van der Waals surface area contributed by atoms with E-state index in [1.165, 1.54) is 0 Å². The molecule has 1 fully saturated rings. The van der Waals surface area contributed by atoms with Gasteiger partial charge in [0.25, 0.3) is 0 Å². The minimum absolute atomic E-state index is 0.233. The number of halogens is 2. The number of hydrogen-bond donors (Lipinski definition) is 0. The van der Waals surface area contributed by atoms with Crippen LogP contribution < -0.4 is 0 Å². The molecule has 2 aromatic rings. The normalized spacial score (nSPS) is 24.8. The van der Waals surface area contributed by atoms with Crippen molar-refractivity contribution in [2.75, 3.05) is 6.61 Å². The Balaban J connectivity index is 1.63. The zero-order chi connectivity index (χ0) is 18.5. The van der Waals surface area contributed by atoms with E-state index in [2.05, 4.69) is 15.9 Å². The Hall–Kier alpha value is -2.25. The molecule has 0 N–H and O–H groups in total. The van der Waals surface area contributed by atoms with Crippen molar-refractivity contribution < 1.29 is 28.2 Å². The zero-order valence-electron chi connectivity index (χ0n) is 13.6. The Kier molecular flexibility index (Phi) is 6.00. The standard InChI is InChI=1S/C19H16BrFO5/c20-17-15(21)16(26-19(23)13-9-5-2-6-10-13)14(25-17)11-24-18(22)12-7-3-1-4-8-12/h1-10,14-17H,11H2/t14-,15-,16?,17+/m1/s1. The van der Waals surface area contributed by atoms with Gasteiger partial charge in [-0.25, -0.2) is 14.0 Å². The molecule has 26 heavy (non-hydrogen) atoms. The molecule has 1 aliphatic heterocycles. The van der Waals surface area contributed by atoms with E-state index >= 15 is 0 Å². The maximum Gasteiger partial charge on any atom is 0.338 e. The number of ether oxygens (including phenoxy) is 3. The van der Waals surface area contributed by atoms with Crippen molar-refractivity contribution in [3.63, 3.8) is 0 Å². The van der Waals surface area contributed by atoms with E-state index in [0.29, 0.717) is 11.1 Å². The molecule has 136 valence electrons. The summed E-state index contributed by atoms with van der Waals surface area (Å²) >= 11 is 3.05. The summed E-state index contributed by atoms with van der Waals surface area (Å²) in [5.41, 5.74) is 0.674. The molecule has 0 bridgehead atoms. The van der Waals surface area contributed by atoms with Crippen molar-refractivity contribution in [3.8, 4) is 0 Å². The lowest BCUT2D eigenvalue weighted by Crippen LogP contribution is -2.37. The highest BCUT2D eigenvalue weighted by Gasteiger charge is 2.47. The van der Waals surface area contributed by atoms with Gasteiger partial charge in [-0.15, -0.1) is 0 Å². The third-order valence-electron chi connectivity index (χ3n) is 3.88. The van der Waals surface area contributed by atoms with Crippen molar-refractivity contribution in [3.05, 3.63) is 71.8 Å². The highest BCUT2D eigenvalue weighted by molar-refractivity contribution is 9.09. The first-order valence-electron chi connectivity index (χ1n) is 7.98. The molecule has 0 saturated carbocycles. The number of alkyl halides is 2. The van der Waals surface area contributed by atoms with Gasteiger partial charge in [-0.2, -0.15) is 0 Å². The van der Waals surface area contributed by atoms with Crippen LogP contribution in [-0.2, 0) is 14.2 Å². The highest BCUT2D eigenvalue weighted by atomic mass is 79.9. The van der Waals surface area contributed by atoms with E-state index < -0.39 is 35.3 Å². The molecule has 3 rings (SSSR count). The van der Waals surface area contributed by atoms with Gasteiger partial charge in [0, 0.05) is 0 Å². The topological polar surface area (TPSA) is 61.8 Å². The van der Waals surface area contributed by atoms with Crippen molar-refractivity contribution >= 4 is 27.9 Å². The summed E-state index contributed by atoms with van der Waals surface area (Å²) in [5, 5.41) is -0.948. The molecule has 0 radical (unpaired) electrons. The van der Waals surface area contributed by atoms with Gasteiger partial charge in [0.1, 0.15) is 17.7 Å². The third kappa shape index (κ3) is 4.28. The lowest BCUT2D eigenvalue weighted by molar-refractivity contribution is -0.0342. The van der Waals surface area contributed by atoms with Gasteiger partial charge < -0.3 is 14.2 Å². The van der Waals surface area contributed by atoms with Gasteiger partial charge in [0.05, 0.1) is 11.1 Å². The quantitative estimate of drug-likeness (QED) is 0.544. The van der Waals surface area contributed by atoms with Crippen LogP contribution in [0.25, 0.3) is 0 Å². The second-order valence-corrected chi connectivity index (χ2v) is 6.57. The number of benzene rings is 2. The van der Waals surface area contributed by atoms with Crippen LogP contribution in [0.15, 0.2) is 60.7 Å². The predicted molar refractivity (Wildman–Crippen MR) is 94.9 cm³/mol. The molecule has 0 aliphatic carbocycles. The van der Waals surface area contributed by atoms with Crippen molar-refractivity contribution in [1.29, 1.82) is 0 Å². The van der Waals surface area contributed by atoms with Gasteiger partial charge in [-0.05, 0) is 24.3 Å². The van der Waals surface area contributed by atoms with Gasteiger partial charge in [0.2, 0.25) is 0 Å². The maximum absolute atomic E-state index is 14.4. The molecule has 1 heterocycles. The highest BCUT2D eigenvalue weighted by Crippen LogP contribution is 2.31. The second kappa shape index (κ2) is 8.42. The Labute approximate surface area is 158 Å². The first kappa shape index (κ1) is 18.5. The van der Waals surface area contributed by atoms with Crippen LogP contribution in [-0.4, -0.2) is 41.9 Å². The number of carbonyl (C=O) groups is 2. The Morgan fingerprint density at radius 1 is 0.962 bits per heavy atom. The molecule has 1 unspecified atom stereocenters. The summed E-state index contributed by atoms with van der Waals surface area (Å²) in [5.74, 6) is -1.22. The largest absolute Gasteiger partial charge is 0.459 e. The van der Waals surface area contributed by atoms with Crippen LogP contribution >= 0.6 is 15.9 Å². The minimum Gasteiger partial charge on any atom is -0.459 e. The number of esters is 2. The second-order valence-electron chi connectivity index (χ2n) is 5.67. The summed E-state index contributed by atoms with van der Waals surface area (Å²) in [6.07, 6.45) is -3.67. The fourth-order valence-corrected chi connectivity index (χ4v) is 3.11. The van der Waals surface area contributed by atoms with E-state index in [-0.39, 0.29) is 6.61 Å². The van der Waals surface area contributed by atoms with Crippen LogP contribution in [0.5, 0.6) is 0 Å². The zero-order valence-corrected chi connectivity index (χ0v) is 15.2. The van der Waals surface area contributed by atoms with Crippen LogP contribution in [0.3, 0.4) is 0 Å². The van der Waals surface area contributed by atoms with Crippen LogP contribution in [0, 0.1) is 0 Å². The van der Waals surface area contributed by atoms with Crippen LogP contribution in [0.4, 0.5) is 4.39 Å². The lowest BCUT2D eigenvalue weighted by atomic mass is 10.1. The summed E-state index contributed by atoms with van der Waals surface area (Å²) in [6, 6.07) is 16.7. The fourth-order valence-electron chi connectivity index (χ4n) is 2.53. The van der Waals surface area contributed by atoms with Crippen molar-refractivity contribution in [1.82, 2.24) is 0 Å². The predicted octanol–water partition coefficient (Wildman–Crippen LogP) is 3.53. The molecule has 1 saturated heterocycles. The summed E-state index contributed by atoms with van der Waals surface area (Å²) in [6.45, 7) is -0.233.